The van der Waals surface area contributed by atoms with Crippen LogP contribution in [0.1, 0.15) is 130 Å². The van der Waals surface area contributed by atoms with Gasteiger partial charge >= 0.3 is 5.97 Å². The van der Waals surface area contributed by atoms with Gasteiger partial charge in [-0.3, -0.25) is 14.5 Å². The molecule has 0 radical (unpaired) electrons. The Morgan fingerprint density at radius 1 is 0.882 bits per heavy atom. The van der Waals surface area contributed by atoms with Crippen molar-refractivity contribution in [2.45, 2.75) is 142 Å². The number of Topliss-reactive ketones (excluding diaryl/α,β-unsaturated/α-hetero) is 1. The van der Waals surface area contributed by atoms with Crippen molar-refractivity contribution in [3.63, 3.8) is 0 Å². The molecule has 0 spiro atoms. The Morgan fingerprint density at radius 2 is 1.32 bits per heavy atom. The van der Waals surface area contributed by atoms with Crippen LogP contribution in [0.4, 0.5) is 0 Å². The highest BCUT2D eigenvalue weighted by molar-refractivity contribution is 6.10. The van der Waals surface area contributed by atoms with Gasteiger partial charge in [0.15, 0.2) is 5.78 Å². The first-order valence-electron chi connectivity index (χ1n) is 13.7. The average molecular weight is 482 g/mol. The van der Waals surface area contributed by atoms with E-state index in [2.05, 4.69) is 6.92 Å². The standard InChI is InChI=1S/C28H51NO5/c1-6-7-8-9-10-11-12-13-14-15-16-17-18-19-20-21-24(31)28(26(32)33-5)22-34-25(27(2,3)4)29(28)23-30/h23,25H,6-22H2,1-5H3/t25-,28-/m1/s1. The van der Waals surface area contributed by atoms with E-state index in [0.717, 1.165) is 12.8 Å². The second-order valence-corrected chi connectivity index (χ2v) is 11.0. The van der Waals surface area contributed by atoms with E-state index in [1.54, 1.807) is 0 Å². The van der Waals surface area contributed by atoms with Crippen molar-refractivity contribution in [1.29, 1.82) is 0 Å². The lowest BCUT2D eigenvalue weighted by Crippen LogP contribution is -2.61. The number of ether oxygens (including phenoxy) is 2. The first kappa shape index (κ1) is 30.6. The molecule has 0 aliphatic carbocycles. The van der Waals surface area contributed by atoms with E-state index >= 15 is 0 Å². The van der Waals surface area contributed by atoms with E-state index in [0.29, 0.717) is 12.8 Å². The van der Waals surface area contributed by atoms with E-state index in [1.165, 1.54) is 89.1 Å². The van der Waals surface area contributed by atoms with Crippen molar-refractivity contribution >= 4 is 18.2 Å². The Morgan fingerprint density at radius 3 is 1.71 bits per heavy atom. The Bertz CT molecular complexity index is 600. The lowest BCUT2D eigenvalue weighted by atomic mass is 9.87. The molecule has 0 aromatic heterocycles. The van der Waals surface area contributed by atoms with Crippen molar-refractivity contribution < 1.29 is 23.9 Å². The van der Waals surface area contributed by atoms with Crippen LogP contribution in [0.3, 0.4) is 0 Å². The zero-order valence-corrected chi connectivity index (χ0v) is 22.7. The molecule has 1 aliphatic heterocycles. The molecule has 1 rings (SSSR count). The van der Waals surface area contributed by atoms with E-state index in [1.807, 2.05) is 20.8 Å². The number of carbonyl (C=O) groups excluding carboxylic acids is 3. The fraction of sp³-hybridized carbons (Fsp3) is 0.893. The largest absolute Gasteiger partial charge is 0.467 e. The summed E-state index contributed by atoms with van der Waals surface area (Å²) in [4.78, 5) is 39.0. The van der Waals surface area contributed by atoms with Crippen molar-refractivity contribution in [3.8, 4) is 0 Å². The summed E-state index contributed by atoms with van der Waals surface area (Å²) in [6, 6.07) is 0. The molecule has 6 heteroatoms. The van der Waals surface area contributed by atoms with Crippen molar-refractivity contribution in [3.05, 3.63) is 0 Å². The summed E-state index contributed by atoms with van der Waals surface area (Å²) in [6.07, 6.45) is 18.9. The Hall–Kier alpha value is -1.43. The first-order valence-corrected chi connectivity index (χ1v) is 13.7. The molecular formula is C28H51NO5. The number of amides is 1. The van der Waals surface area contributed by atoms with Gasteiger partial charge in [-0.25, -0.2) is 4.79 Å². The molecule has 6 nitrogen and oxygen atoms in total. The quantitative estimate of drug-likeness (QED) is 0.0900. The third-order valence-corrected chi connectivity index (χ3v) is 6.99. The van der Waals surface area contributed by atoms with Crippen LogP contribution in [0.5, 0.6) is 0 Å². The van der Waals surface area contributed by atoms with Crippen LogP contribution in [0.15, 0.2) is 0 Å². The van der Waals surface area contributed by atoms with Gasteiger partial charge in [0, 0.05) is 11.8 Å². The maximum absolute atomic E-state index is 13.2. The van der Waals surface area contributed by atoms with Gasteiger partial charge in [-0.15, -0.1) is 0 Å². The summed E-state index contributed by atoms with van der Waals surface area (Å²) in [5.74, 6) is -0.995. The molecule has 2 atom stereocenters. The summed E-state index contributed by atoms with van der Waals surface area (Å²) in [5.41, 5.74) is -2.09. The highest BCUT2D eigenvalue weighted by atomic mass is 16.6. The fourth-order valence-electron chi connectivity index (χ4n) is 4.90. The number of hydrogen-bond donors (Lipinski definition) is 0. The van der Waals surface area contributed by atoms with Gasteiger partial charge in [-0.05, 0) is 6.42 Å². The van der Waals surface area contributed by atoms with Crippen LogP contribution in [-0.4, -0.2) is 48.5 Å². The topological polar surface area (TPSA) is 72.9 Å². The maximum Gasteiger partial charge on any atom is 0.342 e. The molecule has 1 amide bonds. The third kappa shape index (κ3) is 9.31. The normalized spacial score (nSPS) is 20.5. The zero-order chi connectivity index (χ0) is 25.5. The fourth-order valence-corrected chi connectivity index (χ4v) is 4.90. The van der Waals surface area contributed by atoms with Crippen molar-refractivity contribution in [1.82, 2.24) is 4.90 Å². The number of rotatable bonds is 19. The first-order chi connectivity index (χ1) is 16.3. The minimum atomic E-state index is -1.66. The molecule has 0 unspecified atom stereocenters. The summed E-state index contributed by atoms with van der Waals surface area (Å²) in [7, 11) is 1.25. The maximum atomic E-state index is 13.2. The van der Waals surface area contributed by atoms with Crippen LogP contribution in [0, 0.1) is 5.41 Å². The molecule has 198 valence electrons. The van der Waals surface area contributed by atoms with Crippen LogP contribution in [0.25, 0.3) is 0 Å². The van der Waals surface area contributed by atoms with Gasteiger partial charge in [0.1, 0.15) is 6.23 Å². The molecule has 1 saturated heterocycles. The second-order valence-electron chi connectivity index (χ2n) is 11.0. The van der Waals surface area contributed by atoms with Gasteiger partial charge in [-0.1, -0.05) is 118 Å². The van der Waals surface area contributed by atoms with Crippen LogP contribution in [0.2, 0.25) is 0 Å². The van der Waals surface area contributed by atoms with Crippen molar-refractivity contribution in [2.24, 2.45) is 5.41 Å². The molecule has 0 saturated carbocycles. The number of hydrogen-bond acceptors (Lipinski definition) is 5. The molecule has 0 aromatic rings. The van der Waals surface area contributed by atoms with Gasteiger partial charge in [0.2, 0.25) is 11.9 Å². The lowest BCUT2D eigenvalue weighted by Gasteiger charge is -2.37. The number of esters is 1. The number of unbranched alkanes of at least 4 members (excludes halogenated alkanes) is 14. The van der Waals surface area contributed by atoms with Gasteiger partial charge in [-0.2, -0.15) is 0 Å². The number of methoxy groups -OCH3 is 1. The van der Waals surface area contributed by atoms with Crippen LogP contribution in [-0.2, 0) is 23.9 Å². The highest BCUT2D eigenvalue weighted by Gasteiger charge is 2.60. The summed E-state index contributed by atoms with van der Waals surface area (Å²) in [5, 5.41) is 0. The predicted molar refractivity (Wildman–Crippen MR) is 136 cm³/mol. The lowest BCUT2D eigenvalue weighted by molar-refractivity contribution is -0.163. The Labute approximate surface area is 208 Å². The van der Waals surface area contributed by atoms with E-state index in [9.17, 15) is 14.4 Å². The van der Waals surface area contributed by atoms with Crippen LogP contribution < -0.4 is 0 Å². The summed E-state index contributed by atoms with van der Waals surface area (Å²) >= 11 is 0. The highest BCUT2D eigenvalue weighted by Crippen LogP contribution is 2.38. The van der Waals surface area contributed by atoms with E-state index in [4.69, 9.17) is 9.47 Å². The van der Waals surface area contributed by atoms with Crippen LogP contribution >= 0.6 is 0 Å². The summed E-state index contributed by atoms with van der Waals surface area (Å²) in [6.45, 7) is 7.87. The number of ketones is 1. The second kappa shape index (κ2) is 16.3. The molecule has 0 aromatic carbocycles. The number of carbonyl (C=O) groups is 3. The predicted octanol–water partition coefficient (Wildman–Crippen LogP) is 6.59. The molecule has 0 N–H and O–H groups in total. The Kier molecular flexibility index (Phi) is 14.7. The third-order valence-electron chi connectivity index (χ3n) is 6.99. The Balaban J connectivity index is 2.27. The molecule has 0 bridgehead atoms. The SMILES string of the molecule is CCCCCCCCCCCCCCCCCC(=O)[C@@]1(C(=O)OC)CO[C@H](C(C)(C)C)N1C=O. The molecule has 1 heterocycles. The van der Waals surface area contributed by atoms with E-state index < -0.39 is 23.2 Å². The molecule has 34 heavy (non-hydrogen) atoms. The minimum absolute atomic E-state index is 0.141. The molecule has 1 fully saturated rings. The molecule has 1 aliphatic rings. The minimum Gasteiger partial charge on any atom is -0.467 e. The van der Waals surface area contributed by atoms with Gasteiger partial charge in [0.05, 0.1) is 13.7 Å². The van der Waals surface area contributed by atoms with Crippen molar-refractivity contribution in [2.75, 3.05) is 13.7 Å². The number of nitrogens with zero attached hydrogens (tertiary/aromatic N) is 1. The smallest absolute Gasteiger partial charge is 0.342 e. The van der Waals surface area contributed by atoms with Gasteiger partial charge in [0.25, 0.3) is 0 Å². The monoisotopic (exact) mass is 481 g/mol. The average Bonchev–Trinajstić information content (AvgIpc) is 3.22. The molecular weight excluding hydrogens is 430 g/mol. The summed E-state index contributed by atoms with van der Waals surface area (Å²) < 4.78 is 10.7. The van der Waals surface area contributed by atoms with E-state index in [-0.39, 0.29) is 18.8 Å². The zero-order valence-electron chi connectivity index (χ0n) is 22.7. The van der Waals surface area contributed by atoms with Gasteiger partial charge < -0.3 is 9.47 Å².